The lowest BCUT2D eigenvalue weighted by Crippen LogP contribution is -2.41. The number of amides is 1. The zero-order valence-corrected chi connectivity index (χ0v) is 18.3. The average Bonchev–Trinajstić information content (AvgIpc) is 2.78. The summed E-state index contributed by atoms with van der Waals surface area (Å²) < 4.78 is 1.40. The fraction of sp³-hybridized carbons (Fsp3) is 0.400. The topological polar surface area (TPSA) is 67.2 Å². The molecule has 1 aliphatic heterocycles. The summed E-state index contributed by atoms with van der Waals surface area (Å²) >= 11 is 0. The van der Waals surface area contributed by atoms with Crippen LogP contribution in [0.3, 0.4) is 0 Å². The highest BCUT2D eigenvalue weighted by atomic mass is 16.2. The Morgan fingerprint density at radius 3 is 2.55 bits per heavy atom. The van der Waals surface area contributed by atoms with Crippen molar-refractivity contribution in [2.75, 3.05) is 19.6 Å². The maximum atomic E-state index is 13.1. The van der Waals surface area contributed by atoms with Gasteiger partial charge in [-0.2, -0.15) is 5.10 Å². The van der Waals surface area contributed by atoms with Gasteiger partial charge in [-0.25, -0.2) is 4.68 Å². The molecule has 2 aromatic carbocycles. The second-order valence-corrected chi connectivity index (χ2v) is 8.68. The van der Waals surface area contributed by atoms with Crippen LogP contribution in [0.4, 0.5) is 0 Å². The number of hydrogen-bond acceptors (Lipinski definition) is 4. The van der Waals surface area contributed by atoms with Crippen molar-refractivity contribution in [3.8, 4) is 0 Å². The Hall–Kier alpha value is -2.99. The first-order chi connectivity index (χ1) is 15.0. The van der Waals surface area contributed by atoms with Crippen LogP contribution in [0, 0.1) is 5.92 Å². The Labute approximate surface area is 182 Å². The number of nitrogens with zero attached hydrogens (tertiary/aromatic N) is 3. The maximum absolute atomic E-state index is 13.1. The number of carbonyl (C=O) groups excluding carboxylic acids is 1. The molecule has 0 spiro atoms. The second-order valence-electron chi connectivity index (χ2n) is 8.68. The first-order valence-corrected chi connectivity index (χ1v) is 11.1. The van der Waals surface area contributed by atoms with E-state index in [1.807, 2.05) is 32.0 Å². The van der Waals surface area contributed by atoms with Crippen LogP contribution in [0.15, 0.2) is 59.4 Å². The van der Waals surface area contributed by atoms with E-state index in [0.29, 0.717) is 28.9 Å². The van der Waals surface area contributed by atoms with Crippen molar-refractivity contribution in [2.24, 2.45) is 5.92 Å². The second kappa shape index (κ2) is 9.43. The van der Waals surface area contributed by atoms with Gasteiger partial charge in [-0.05, 0) is 50.8 Å². The zero-order chi connectivity index (χ0) is 21.8. The predicted molar refractivity (Wildman–Crippen MR) is 123 cm³/mol. The number of rotatable bonds is 6. The van der Waals surface area contributed by atoms with Crippen LogP contribution < -0.4 is 10.9 Å². The molecule has 0 radical (unpaired) electrons. The summed E-state index contributed by atoms with van der Waals surface area (Å²) in [5.74, 6) is 0.189. The van der Waals surface area contributed by atoms with Gasteiger partial charge in [-0.1, -0.05) is 48.5 Å². The van der Waals surface area contributed by atoms with E-state index in [-0.39, 0.29) is 17.5 Å². The molecule has 1 aromatic heterocycles. The monoisotopic (exact) mass is 418 g/mol. The van der Waals surface area contributed by atoms with Crippen molar-refractivity contribution in [2.45, 2.75) is 39.3 Å². The van der Waals surface area contributed by atoms with Crippen LogP contribution in [0.25, 0.3) is 10.8 Å². The molecule has 4 rings (SSSR count). The molecule has 1 amide bonds. The number of likely N-dealkylation sites (tertiary alicyclic amines) is 1. The van der Waals surface area contributed by atoms with E-state index in [1.165, 1.54) is 10.2 Å². The molecule has 1 fully saturated rings. The number of hydrogen-bond donors (Lipinski definition) is 1. The molecule has 31 heavy (non-hydrogen) atoms. The highest BCUT2D eigenvalue weighted by molar-refractivity contribution is 6.04. The van der Waals surface area contributed by atoms with Gasteiger partial charge < -0.3 is 5.32 Å². The van der Waals surface area contributed by atoms with Gasteiger partial charge in [0, 0.05) is 25.0 Å². The van der Waals surface area contributed by atoms with E-state index in [1.54, 1.807) is 12.1 Å². The average molecular weight is 419 g/mol. The van der Waals surface area contributed by atoms with E-state index in [9.17, 15) is 9.59 Å². The van der Waals surface area contributed by atoms with E-state index in [4.69, 9.17) is 0 Å². The minimum Gasteiger partial charge on any atom is -0.350 e. The molecule has 1 saturated heterocycles. The van der Waals surface area contributed by atoms with Crippen LogP contribution >= 0.6 is 0 Å². The molecule has 0 saturated carbocycles. The highest BCUT2D eigenvalue weighted by Gasteiger charge is 2.22. The molecule has 6 heteroatoms. The number of piperidine rings is 1. The van der Waals surface area contributed by atoms with Gasteiger partial charge >= 0.3 is 0 Å². The Kier molecular flexibility index (Phi) is 6.47. The van der Waals surface area contributed by atoms with Gasteiger partial charge in [0.15, 0.2) is 5.69 Å². The van der Waals surface area contributed by atoms with Crippen LogP contribution in [0.1, 0.15) is 48.8 Å². The lowest BCUT2D eigenvalue weighted by Gasteiger charge is -2.32. The van der Waals surface area contributed by atoms with Gasteiger partial charge in [-0.3, -0.25) is 14.5 Å². The fourth-order valence-electron chi connectivity index (χ4n) is 4.35. The highest BCUT2D eigenvalue weighted by Crippen LogP contribution is 2.19. The number of fused-ring (bicyclic) bond motifs is 1. The quantitative estimate of drug-likeness (QED) is 0.664. The zero-order valence-electron chi connectivity index (χ0n) is 18.3. The minimum absolute atomic E-state index is 0.117. The van der Waals surface area contributed by atoms with Gasteiger partial charge in [0.2, 0.25) is 0 Å². The minimum atomic E-state index is -0.217. The number of benzene rings is 2. The van der Waals surface area contributed by atoms with Gasteiger partial charge in [-0.15, -0.1) is 0 Å². The Morgan fingerprint density at radius 1 is 1.10 bits per heavy atom. The Bertz CT molecular complexity index is 1110. The molecule has 3 aromatic rings. The summed E-state index contributed by atoms with van der Waals surface area (Å²) in [5.41, 5.74) is 1.48. The third-order valence-corrected chi connectivity index (χ3v) is 5.94. The Morgan fingerprint density at radius 2 is 1.81 bits per heavy atom. The molecule has 2 heterocycles. The third kappa shape index (κ3) is 4.85. The molecule has 0 aliphatic carbocycles. The van der Waals surface area contributed by atoms with Crippen molar-refractivity contribution in [1.29, 1.82) is 0 Å². The smallest absolute Gasteiger partial charge is 0.274 e. The summed E-state index contributed by atoms with van der Waals surface area (Å²) in [6, 6.07) is 17.6. The fourth-order valence-corrected chi connectivity index (χ4v) is 4.35. The predicted octanol–water partition coefficient (Wildman–Crippen LogP) is 3.62. The summed E-state index contributed by atoms with van der Waals surface area (Å²) in [6.45, 7) is 7.40. The summed E-state index contributed by atoms with van der Waals surface area (Å²) in [7, 11) is 0. The first-order valence-electron chi connectivity index (χ1n) is 11.1. The first kappa shape index (κ1) is 21.2. The SMILES string of the molecule is CC(C)n1nc(C(=O)NCC2CCCN(Cc3ccccc3)C2)c2ccccc2c1=O. The lowest BCUT2D eigenvalue weighted by molar-refractivity contribution is 0.0925. The van der Waals surface area contributed by atoms with Crippen molar-refractivity contribution in [3.63, 3.8) is 0 Å². The number of nitrogens with one attached hydrogen (secondary N) is 1. The summed E-state index contributed by atoms with van der Waals surface area (Å²) in [5, 5.41) is 8.64. The molecule has 1 N–H and O–H groups in total. The van der Waals surface area contributed by atoms with E-state index < -0.39 is 0 Å². The molecule has 1 atom stereocenters. The number of carbonyl (C=O) groups is 1. The third-order valence-electron chi connectivity index (χ3n) is 5.94. The van der Waals surface area contributed by atoms with E-state index in [0.717, 1.165) is 32.5 Å². The van der Waals surface area contributed by atoms with Crippen LogP contribution in [-0.4, -0.2) is 40.2 Å². The van der Waals surface area contributed by atoms with Crippen LogP contribution in [-0.2, 0) is 6.54 Å². The van der Waals surface area contributed by atoms with Gasteiger partial charge in [0.25, 0.3) is 11.5 Å². The molecule has 1 aliphatic rings. The van der Waals surface area contributed by atoms with Crippen LogP contribution in [0.2, 0.25) is 0 Å². The normalized spacial score (nSPS) is 17.2. The van der Waals surface area contributed by atoms with E-state index in [2.05, 4.69) is 39.6 Å². The van der Waals surface area contributed by atoms with Crippen molar-refractivity contribution in [1.82, 2.24) is 20.0 Å². The van der Waals surface area contributed by atoms with E-state index >= 15 is 0 Å². The number of aromatic nitrogens is 2. The molecule has 6 nitrogen and oxygen atoms in total. The Balaban J connectivity index is 1.46. The van der Waals surface area contributed by atoms with Gasteiger partial charge in [0.05, 0.1) is 11.4 Å². The molecule has 0 bridgehead atoms. The van der Waals surface area contributed by atoms with Gasteiger partial charge in [0.1, 0.15) is 0 Å². The van der Waals surface area contributed by atoms with Crippen molar-refractivity contribution in [3.05, 3.63) is 76.2 Å². The lowest BCUT2D eigenvalue weighted by atomic mass is 9.97. The van der Waals surface area contributed by atoms with Crippen LogP contribution in [0.5, 0.6) is 0 Å². The largest absolute Gasteiger partial charge is 0.350 e. The van der Waals surface area contributed by atoms with Crippen molar-refractivity contribution >= 4 is 16.7 Å². The summed E-state index contributed by atoms with van der Waals surface area (Å²) in [4.78, 5) is 28.2. The van der Waals surface area contributed by atoms with Crippen molar-refractivity contribution < 1.29 is 4.79 Å². The maximum Gasteiger partial charge on any atom is 0.274 e. The molecule has 1 unspecified atom stereocenters. The summed E-state index contributed by atoms with van der Waals surface area (Å²) in [6.07, 6.45) is 2.23. The molecule has 162 valence electrons. The standard InChI is InChI=1S/C25H30N4O2/c1-18(2)29-25(31)22-13-7-6-12-21(22)23(27-29)24(30)26-15-20-11-8-14-28(17-20)16-19-9-4-3-5-10-19/h3-7,9-10,12-13,18,20H,8,11,14-17H2,1-2H3,(H,26,30). The molecular formula is C25H30N4O2. The molecular weight excluding hydrogens is 388 g/mol.